The third-order valence-corrected chi connectivity index (χ3v) is 2.76. The molecule has 88 valence electrons. The number of nitrogens with zero attached hydrogens (tertiary/aromatic N) is 2. The highest BCUT2D eigenvalue weighted by Gasteiger charge is 2.09. The molecule has 0 radical (unpaired) electrons. The molecule has 4 nitrogen and oxygen atoms in total. The molecule has 17 heavy (non-hydrogen) atoms. The second-order valence-corrected chi connectivity index (χ2v) is 3.90. The number of aliphatic carboxylic acids is 1. The Balaban J connectivity index is 2.63. The van der Waals surface area contributed by atoms with Crippen molar-refractivity contribution < 1.29 is 9.90 Å². The Bertz CT molecular complexity index is 602. The monoisotopic (exact) mass is 250 g/mol. The number of rotatable bonds is 3. The van der Waals surface area contributed by atoms with E-state index in [2.05, 4.69) is 4.98 Å². The lowest BCUT2D eigenvalue weighted by Gasteiger charge is -2.01. The zero-order valence-electron chi connectivity index (χ0n) is 9.22. The van der Waals surface area contributed by atoms with Gasteiger partial charge in [-0.1, -0.05) is 17.7 Å². The summed E-state index contributed by atoms with van der Waals surface area (Å²) >= 11 is 6.05. The minimum absolute atomic E-state index is 0.569. The third-order valence-electron chi connectivity index (χ3n) is 2.45. The van der Waals surface area contributed by atoms with Crippen LogP contribution in [-0.2, 0) is 11.3 Å². The highest BCUT2D eigenvalue weighted by atomic mass is 35.5. The molecule has 1 heterocycles. The highest BCUT2D eigenvalue weighted by molar-refractivity contribution is 6.34. The lowest BCUT2D eigenvalue weighted by Crippen LogP contribution is -1.97. The van der Waals surface area contributed by atoms with Gasteiger partial charge in [-0.2, -0.15) is 0 Å². The fraction of sp³-hybridized carbons (Fsp3) is 0.167. The molecule has 0 aliphatic heterocycles. The molecule has 1 aromatic heterocycles. The number of hydrogen-bond acceptors (Lipinski definition) is 2. The zero-order valence-corrected chi connectivity index (χ0v) is 9.98. The average Bonchev–Trinajstić information content (AvgIpc) is 2.65. The van der Waals surface area contributed by atoms with E-state index in [9.17, 15) is 4.79 Å². The van der Waals surface area contributed by atoms with Crippen molar-refractivity contribution in [1.82, 2.24) is 9.55 Å². The first kappa shape index (κ1) is 11.7. The summed E-state index contributed by atoms with van der Waals surface area (Å²) in [6.45, 7) is 2.68. The fourth-order valence-electron chi connectivity index (χ4n) is 1.74. The van der Waals surface area contributed by atoms with E-state index in [0.29, 0.717) is 22.9 Å². The van der Waals surface area contributed by atoms with Gasteiger partial charge in [0.15, 0.2) is 0 Å². The predicted molar refractivity (Wildman–Crippen MR) is 67.1 cm³/mol. The summed E-state index contributed by atoms with van der Waals surface area (Å²) in [5, 5.41) is 9.19. The summed E-state index contributed by atoms with van der Waals surface area (Å²) in [5.74, 6) is -0.399. The van der Waals surface area contributed by atoms with Crippen molar-refractivity contribution in [3.05, 3.63) is 35.1 Å². The van der Waals surface area contributed by atoms with Gasteiger partial charge in [0.2, 0.25) is 0 Å². The Morgan fingerprint density at radius 1 is 1.59 bits per heavy atom. The molecule has 0 bridgehead atoms. The van der Waals surface area contributed by atoms with Gasteiger partial charge in [-0.25, -0.2) is 9.78 Å². The Morgan fingerprint density at radius 3 is 3.00 bits per heavy atom. The van der Waals surface area contributed by atoms with Crippen molar-refractivity contribution in [3.63, 3.8) is 0 Å². The smallest absolute Gasteiger partial charge is 0.328 e. The molecular formula is C12H11ClN2O2. The topological polar surface area (TPSA) is 55.1 Å². The van der Waals surface area contributed by atoms with Crippen LogP contribution < -0.4 is 0 Å². The molecule has 1 N–H and O–H groups in total. The Hall–Kier alpha value is -1.81. The average molecular weight is 251 g/mol. The number of benzene rings is 1. The van der Waals surface area contributed by atoms with Crippen LogP contribution in [0.25, 0.3) is 17.1 Å². The maximum atomic E-state index is 10.5. The van der Waals surface area contributed by atoms with Crippen LogP contribution in [0.15, 0.2) is 24.3 Å². The molecule has 0 spiro atoms. The third kappa shape index (κ3) is 2.17. The fourth-order valence-corrected chi connectivity index (χ4v) is 1.95. The summed E-state index contributed by atoms with van der Waals surface area (Å²) < 4.78 is 1.92. The molecule has 0 atom stereocenters. The van der Waals surface area contributed by atoms with Crippen molar-refractivity contribution in [2.24, 2.45) is 0 Å². The lowest BCUT2D eigenvalue weighted by atomic mass is 10.3. The number of carbonyl (C=O) groups is 1. The standard InChI is InChI=1S/C12H11ClN2O2/c1-2-15-9-5-3-4-8(13)12(9)14-10(15)6-7-11(16)17/h3-7H,2H2,1H3,(H,16,17)/b7-6+. The highest BCUT2D eigenvalue weighted by Crippen LogP contribution is 2.24. The number of aromatic nitrogens is 2. The summed E-state index contributed by atoms with van der Waals surface area (Å²) in [5.41, 5.74) is 1.60. The second kappa shape index (κ2) is 4.59. The molecule has 2 aromatic rings. The molecule has 0 amide bonds. The number of para-hydroxylation sites is 1. The van der Waals surface area contributed by atoms with E-state index in [0.717, 1.165) is 11.6 Å². The maximum Gasteiger partial charge on any atom is 0.328 e. The van der Waals surface area contributed by atoms with E-state index >= 15 is 0 Å². The van der Waals surface area contributed by atoms with Crippen molar-refractivity contribution in [3.8, 4) is 0 Å². The minimum atomic E-state index is -0.995. The number of imidazole rings is 1. The van der Waals surface area contributed by atoms with Crippen molar-refractivity contribution >= 4 is 34.7 Å². The first-order chi connectivity index (χ1) is 8.13. The largest absolute Gasteiger partial charge is 0.478 e. The lowest BCUT2D eigenvalue weighted by molar-refractivity contribution is -0.131. The first-order valence-corrected chi connectivity index (χ1v) is 5.57. The van der Waals surface area contributed by atoms with E-state index in [1.807, 2.05) is 23.6 Å². The van der Waals surface area contributed by atoms with Gasteiger partial charge >= 0.3 is 5.97 Å². The normalized spacial score (nSPS) is 11.4. The summed E-state index contributed by atoms with van der Waals surface area (Å²) in [6.07, 6.45) is 2.55. The molecule has 0 aliphatic rings. The van der Waals surface area contributed by atoms with Gasteiger partial charge in [-0.15, -0.1) is 0 Å². The van der Waals surface area contributed by atoms with Gasteiger partial charge in [0.05, 0.1) is 10.5 Å². The summed E-state index contributed by atoms with van der Waals surface area (Å²) in [6, 6.07) is 5.53. The van der Waals surface area contributed by atoms with Gasteiger partial charge in [-0.05, 0) is 25.1 Å². The number of fused-ring (bicyclic) bond motifs is 1. The number of hydrogen-bond donors (Lipinski definition) is 1. The molecule has 0 unspecified atom stereocenters. The van der Waals surface area contributed by atoms with Gasteiger partial charge in [0, 0.05) is 12.6 Å². The Kier molecular flexibility index (Phi) is 3.15. The molecule has 2 rings (SSSR count). The van der Waals surface area contributed by atoms with Crippen LogP contribution in [-0.4, -0.2) is 20.6 Å². The van der Waals surface area contributed by atoms with E-state index in [-0.39, 0.29) is 0 Å². The Morgan fingerprint density at radius 2 is 2.35 bits per heavy atom. The van der Waals surface area contributed by atoms with Gasteiger partial charge in [0.1, 0.15) is 11.3 Å². The van der Waals surface area contributed by atoms with Crippen LogP contribution in [0.3, 0.4) is 0 Å². The second-order valence-electron chi connectivity index (χ2n) is 3.49. The van der Waals surface area contributed by atoms with Crippen LogP contribution in [0.2, 0.25) is 5.02 Å². The van der Waals surface area contributed by atoms with Gasteiger partial charge < -0.3 is 9.67 Å². The van der Waals surface area contributed by atoms with Gasteiger partial charge in [0.25, 0.3) is 0 Å². The molecule has 0 saturated heterocycles. The maximum absolute atomic E-state index is 10.5. The molecule has 0 fully saturated rings. The van der Waals surface area contributed by atoms with Crippen LogP contribution in [0.1, 0.15) is 12.7 Å². The van der Waals surface area contributed by atoms with E-state index in [1.165, 1.54) is 6.08 Å². The van der Waals surface area contributed by atoms with E-state index < -0.39 is 5.97 Å². The molecular weight excluding hydrogens is 240 g/mol. The number of aryl methyl sites for hydroxylation is 1. The zero-order chi connectivity index (χ0) is 12.4. The van der Waals surface area contributed by atoms with Crippen LogP contribution in [0, 0.1) is 0 Å². The number of halogens is 1. The predicted octanol–water partition coefficient (Wildman–Crippen LogP) is 2.81. The summed E-state index contributed by atoms with van der Waals surface area (Å²) in [7, 11) is 0. The SMILES string of the molecule is CCn1c(/C=C/C(=O)O)nc2c(Cl)cccc21. The molecule has 1 aromatic carbocycles. The van der Waals surface area contributed by atoms with Crippen molar-refractivity contribution in [2.45, 2.75) is 13.5 Å². The van der Waals surface area contributed by atoms with Gasteiger partial charge in [-0.3, -0.25) is 0 Å². The molecule has 0 saturated carbocycles. The van der Waals surface area contributed by atoms with Crippen LogP contribution in [0.4, 0.5) is 0 Å². The summed E-state index contributed by atoms with van der Waals surface area (Å²) in [4.78, 5) is 14.8. The van der Waals surface area contributed by atoms with Crippen LogP contribution >= 0.6 is 11.6 Å². The quantitative estimate of drug-likeness (QED) is 0.853. The molecule has 5 heteroatoms. The van der Waals surface area contributed by atoms with Crippen LogP contribution in [0.5, 0.6) is 0 Å². The number of carboxylic acids is 1. The Labute approximate surface area is 103 Å². The van der Waals surface area contributed by atoms with Crippen molar-refractivity contribution in [2.75, 3.05) is 0 Å². The van der Waals surface area contributed by atoms with E-state index in [4.69, 9.17) is 16.7 Å². The van der Waals surface area contributed by atoms with Crippen molar-refractivity contribution in [1.29, 1.82) is 0 Å². The van der Waals surface area contributed by atoms with E-state index in [1.54, 1.807) is 6.07 Å². The molecule has 0 aliphatic carbocycles. The number of carboxylic acid groups (broad SMARTS) is 1. The first-order valence-electron chi connectivity index (χ1n) is 5.19. The minimum Gasteiger partial charge on any atom is -0.478 e.